The fourth-order valence-electron chi connectivity index (χ4n) is 5.94. The number of ether oxygens (including phenoxy) is 6. The summed E-state index contributed by atoms with van der Waals surface area (Å²) >= 11 is 0. The number of hydrogen-bond donors (Lipinski definition) is 3. The topological polar surface area (TPSA) is 173 Å². The Morgan fingerprint density at radius 2 is 1.43 bits per heavy atom. The van der Waals surface area contributed by atoms with Crippen molar-refractivity contribution >= 4 is 49.7 Å². The Balaban J connectivity index is 1.28. The van der Waals surface area contributed by atoms with Crippen molar-refractivity contribution in [2.75, 3.05) is 68.9 Å². The number of ketones is 1. The van der Waals surface area contributed by atoms with Gasteiger partial charge in [0.25, 0.3) is 0 Å². The zero-order valence-electron chi connectivity index (χ0n) is 33.8. The van der Waals surface area contributed by atoms with E-state index in [-0.39, 0.29) is 29.2 Å². The van der Waals surface area contributed by atoms with Crippen LogP contribution in [0.15, 0.2) is 85.1 Å². The number of carbonyl (C=O) groups is 2. The number of pyridine rings is 1. The number of nitrogens with one attached hydrogen (secondary N) is 3. The zero-order valence-corrected chi connectivity index (χ0v) is 34.6. The summed E-state index contributed by atoms with van der Waals surface area (Å²) in [4.78, 5) is 29.1. The summed E-state index contributed by atoms with van der Waals surface area (Å²) < 4.78 is 61.0. The molecule has 0 atom stereocenters. The minimum absolute atomic E-state index is 0.0319. The highest BCUT2D eigenvalue weighted by atomic mass is 32.2. The van der Waals surface area contributed by atoms with Gasteiger partial charge in [0.05, 0.1) is 57.4 Å². The van der Waals surface area contributed by atoms with E-state index in [4.69, 9.17) is 28.4 Å². The molecule has 1 aromatic heterocycles. The average Bonchev–Trinajstić information content (AvgIpc) is 3.15. The third-order valence-electron chi connectivity index (χ3n) is 8.59. The Hall–Kier alpha value is -5.90. The minimum atomic E-state index is -3.64. The second-order valence-electron chi connectivity index (χ2n) is 14.5. The molecule has 0 aliphatic rings. The second-order valence-corrected chi connectivity index (χ2v) is 16.2. The van der Waals surface area contributed by atoms with E-state index in [1.165, 1.54) is 14.0 Å². The monoisotopic (exact) mass is 814 g/mol. The van der Waals surface area contributed by atoms with Crippen LogP contribution in [0.2, 0.25) is 0 Å². The number of benzene rings is 4. The van der Waals surface area contributed by atoms with Gasteiger partial charge in [0.15, 0.2) is 11.5 Å². The molecule has 4 aromatic carbocycles. The number of sulfonamides is 1. The van der Waals surface area contributed by atoms with Gasteiger partial charge in [-0.05, 0) is 65.9 Å². The van der Waals surface area contributed by atoms with Crippen molar-refractivity contribution < 1.29 is 46.4 Å². The molecule has 15 heteroatoms. The van der Waals surface area contributed by atoms with Crippen LogP contribution in [0.1, 0.15) is 44.5 Å². The quantitative estimate of drug-likeness (QED) is 0.0691. The third kappa shape index (κ3) is 12.6. The number of carbonyl (C=O) groups excluding carboxylic acids is 2. The van der Waals surface area contributed by atoms with Crippen molar-refractivity contribution in [1.29, 1.82) is 0 Å². The van der Waals surface area contributed by atoms with E-state index in [2.05, 4.69) is 20.3 Å². The molecule has 14 nitrogen and oxygen atoms in total. The maximum absolute atomic E-state index is 13.5. The van der Waals surface area contributed by atoms with Gasteiger partial charge < -0.3 is 39.1 Å². The molecule has 58 heavy (non-hydrogen) atoms. The lowest BCUT2D eigenvalue weighted by Gasteiger charge is -2.24. The summed E-state index contributed by atoms with van der Waals surface area (Å²) in [5.41, 5.74) is 3.13. The molecular weight excluding hydrogens is 765 g/mol. The molecule has 3 N–H and O–H groups in total. The molecular formula is C43H50N4O10S. The van der Waals surface area contributed by atoms with Crippen molar-refractivity contribution in [3.63, 3.8) is 0 Å². The first-order valence-corrected chi connectivity index (χ1v) is 20.4. The summed E-state index contributed by atoms with van der Waals surface area (Å²) in [6.07, 6.45) is 3.21. The minimum Gasteiger partial charge on any atom is -0.497 e. The molecule has 5 aromatic rings. The van der Waals surface area contributed by atoms with E-state index in [0.29, 0.717) is 67.2 Å². The molecule has 0 saturated carbocycles. The molecule has 0 aliphatic carbocycles. The predicted octanol–water partition coefficient (Wildman–Crippen LogP) is 7.95. The van der Waals surface area contributed by atoms with Crippen molar-refractivity contribution in [2.45, 2.75) is 39.5 Å². The van der Waals surface area contributed by atoms with Gasteiger partial charge >= 0.3 is 6.03 Å². The maximum Gasteiger partial charge on any atom is 0.323 e. The zero-order chi connectivity index (χ0) is 41.9. The summed E-state index contributed by atoms with van der Waals surface area (Å²) in [6, 6.07) is 23.3. The van der Waals surface area contributed by atoms with Gasteiger partial charge in [-0.15, -0.1) is 0 Å². The number of Topliss-reactive ketones (excluding diaryl/α,β-unsaturated/α-hetero) is 1. The Kier molecular flexibility index (Phi) is 14.5. The largest absolute Gasteiger partial charge is 0.497 e. The first-order chi connectivity index (χ1) is 27.6. The molecule has 0 aliphatic heterocycles. The van der Waals surface area contributed by atoms with Gasteiger partial charge in [0.2, 0.25) is 10.0 Å². The summed E-state index contributed by atoms with van der Waals surface area (Å²) in [6.45, 7) is 8.86. The highest BCUT2D eigenvalue weighted by molar-refractivity contribution is 7.92. The number of fused-ring (bicyclic) bond motifs is 1. The van der Waals surface area contributed by atoms with Crippen LogP contribution in [0.3, 0.4) is 0 Å². The molecule has 5 rings (SSSR count). The second kappa shape index (κ2) is 19.5. The number of amides is 2. The number of urea groups is 1. The summed E-state index contributed by atoms with van der Waals surface area (Å²) in [5, 5.41) is 7.26. The van der Waals surface area contributed by atoms with E-state index >= 15 is 0 Å². The molecule has 0 bridgehead atoms. The normalized spacial score (nSPS) is 11.5. The van der Waals surface area contributed by atoms with Gasteiger partial charge in [-0.25, -0.2) is 13.2 Å². The molecule has 0 unspecified atom stereocenters. The predicted molar refractivity (Wildman–Crippen MR) is 225 cm³/mol. The number of anilines is 3. The highest BCUT2D eigenvalue weighted by Crippen LogP contribution is 2.40. The lowest BCUT2D eigenvalue weighted by atomic mass is 9.86. The highest BCUT2D eigenvalue weighted by Gasteiger charge is 2.23. The molecule has 308 valence electrons. The first kappa shape index (κ1) is 43.2. The molecule has 1 heterocycles. The van der Waals surface area contributed by atoms with Crippen molar-refractivity contribution in [1.82, 2.24) is 4.98 Å². The fraction of sp³-hybridized carbons (Fsp3) is 0.326. The number of aromatic nitrogens is 1. The van der Waals surface area contributed by atoms with Gasteiger partial charge in [0.1, 0.15) is 36.2 Å². The standard InChI is InChI=1S/C43H50N4O10S/c1-28(48)27-55-17-16-54-18-19-56-34-22-29(21-33(26-34)52-5)20-31-25-32(14-15-44-31)57-40-13-12-37(35-10-8-9-11-36(35)40)45-42(49)46-38-23-30(43(2,3)4)24-39(41(38)53-6)47-58(7,50)51/h8-15,21-26,47H,16-20,27H2,1-7H3,(H2,45,46,49). The lowest BCUT2D eigenvalue weighted by molar-refractivity contribution is -0.122. The van der Waals surface area contributed by atoms with Crippen LogP contribution in [0.4, 0.5) is 21.9 Å². The average molecular weight is 815 g/mol. The van der Waals surface area contributed by atoms with E-state index in [1.54, 1.807) is 49.7 Å². The van der Waals surface area contributed by atoms with Crippen molar-refractivity contribution in [3.8, 4) is 28.7 Å². The third-order valence-corrected chi connectivity index (χ3v) is 9.18. The first-order valence-electron chi connectivity index (χ1n) is 18.5. The van der Waals surface area contributed by atoms with Gasteiger partial charge in [0, 0.05) is 41.2 Å². The van der Waals surface area contributed by atoms with Crippen LogP contribution in [-0.4, -0.2) is 78.7 Å². The molecule has 0 saturated heterocycles. The molecule has 0 spiro atoms. The van der Waals surface area contributed by atoms with Crippen LogP contribution < -0.4 is 34.3 Å². The summed E-state index contributed by atoms with van der Waals surface area (Å²) in [5.74, 6) is 2.54. The van der Waals surface area contributed by atoms with Crippen LogP contribution in [0, 0.1) is 0 Å². The van der Waals surface area contributed by atoms with E-state index < -0.39 is 16.1 Å². The van der Waals surface area contributed by atoms with E-state index in [0.717, 1.165) is 33.8 Å². The van der Waals surface area contributed by atoms with E-state index in [1.807, 2.05) is 63.2 Å². The smallest absolute Gasteiger partial charge is 0.323 e. The molecule has 0 radical (unpaired) electrons. The fourth-order valence-corrected chi connectivity index (χ4v) is 6.49. The van der Waals surface area contributed by atoms with Gasteiger partial charge in [-0.2, -0.15) is 0 Å². The Bertz CT molecular complexity index is 2340. The number of nitrogens with zero attached hydrogens (tertiary/aromatic N) is 1. The van der Waals surface area contributed by atoms with E-state index in [9.17, 15) is 18.0 Å². The van der Waals surface area contributed by atoms with Crippen LogP contribution in [0.25, 0.3) is 10.8 Å². The Labute approximate surface area is 339 Å². The van der Waals surface area contributed by atoms with Crippen LogP contribution >= 0.6 is 0 Å². The number of hydrogen-bond acceptors (Lipinski definition) is 11. The Morgan fingerprint density at radius 1 is 0.741 bits per heavy atom. The molecule has 2 amide bonds. The van der Waals surface area contributed by atoms with Crippen LogP contribution in [-0.2, 0) is 36.1 Å². The van der Waals surface area contributed by atoms with Gasteiger partial charge in [-0.1, -0.05) is 45.0 Å². The Morgan fingerprint density at radius 3 is 2.14 bits per heavy atom. The lowest BCUT2D eigenvalue weighted by Crippen LogP contribution is -2.22. The van der Waals surface area contributed by atoms with Crippen molar-refractivity contribution in [3.05, 3.63) is 102 Å². The molecule has 0 fully saturated rings. The van der Waals surface area contributed by atoms with Crippen LogP contribution in [0.5, 0.6) is 28.7 Å². The maximum atomic E-state index is 13.5. The number of methoxy groups -OCH3 is 2. The van der Waals surface area contributed by atoms with Crippen molar-refractivity contribution in [2.24, 2.45) is 0 Å². The number of rotatable bonds is 19. The SMILES string of the molecule is COc1cc(Cc2cc(Oc3ccc(NC(=O)Nc4cc(C(C)(C)C)cc(NS(C)(=O)=O)c4OC)c4ccccc34)ccn2)cc(OCCOCCOCC(C)=O)c1. The van der Waals surface area contributed by atoms with Gasteiger partial charge in [-0.3, -0.25) is 14.5 Å². The summed E-state index contributed by atoms with van der Waals surface area (Å²) in [7, 11) is -0.640.